The molecule has 1 heterocycles. The van der Waals surface area contributed by atoms with Gasteiger partial charge in [-0.1, -0.05) is 6.42 Å². The molecular formula is C21H21N3O4. The van der Waals surface area contributed by atoms with Crippen LogP contribution in [0.3, 0.4) is 0 Å². The standard InChI is InChI=1S/C21H21N3O4/c1-26-17-9-5-15(6-10-17)21-24-23-19(28-21)13-27-18-11-7-16(8-12-18)22-20(25)14-3-2-4-14/h5-12,14H,2-4,13H2,1H3,(H,22,25). The van der Waals surface area contributed by atoms with Gasteiger partial charge in [0.05, 0.1) is 7.11 Å². The van der Waals surface area contributed by atoms with Crippen molar-refractivity contribution >= 4 is 11.6 Å². The summed E-state index contributed by atoms with van der Waals surface area (Å²) in [7, 11) is 1.62. The van der Waals surface area contributed by atoms with Crippen LogP contribution in [0.4, 0.5) is 5.69 Å². The van der Waals surface area contributed by atoms with Crippen molar-refractivity contribution in [3.63, 3.8) is 0 Å². The van der Waals surface area contributed by atoms with Crippen molar-refractivity contribution in [2.24, 2.45) is 5.92 Å². The molecule has 1 saturated carbocycles. The highest BCUT2D eigenvalue weighted by Gasteiger charge is 2.25. The third-order valence-corrected chi connectivity index (χ3v) is 4.76. The molecule has 144 valence electrons. The zero-order valence-electron chi connectivity index (χ0n) is 15.6. The molecule has 0 atom stereocenters. The number of anilines is 1. The van der Waals surface area contributed by atoms with Crippen LogP contribution in [0.25, 0.3) is 11.5 Å². The van der Waals surface area contributed by atoms with Gasteiger partial charge < -0.3 is 19.2 Å². The summed E-state index contributed by atoms with van der Waals surface area (Å²) in [6, 6.07) is 14.6. The Balaban J connectivity index is 1.31. The Bertz CT molecular complexity index is 931. The van der Waals surface area contributed by atoms with Crippen LogP contribution in [0, 0.1) is 5.92 Å². The van der Waals surface area contributed by atoms with Crippen molar-refractivity contribution in [2.75, 3.05) is 12.4 Å². The van der Waals surface area contributed by atoms with E-state index in [2.05, 4.69) is 15.5 Å². The van der Waals surface area contributed by atoms with Gasteiger partial charge in [0.1, 0.15) is 11.5 Å². The first-order valence-corrected chi connectivity index (χ1v) is 9.22. The lowest BCUT2D eigenvalue weighted by molar-refractivity contribution is -0.122. The number of hydrogen-bond donors (Lipinski definition) is 1. The van der Waals surface area contributed by atoms with Crippen molar-refractivity contribution in [1.82, 2.24) is 10.2 Å². The molecule has 7 nitrogen and oxygen atoms in total. The van der Waals surface area contributed by atoms with E-state index in [0.29, 0.717) is 17.5 Å². The maximum atomic E-state index is 12.0. The molecule has 28 heavy (non-hydrogen) atoms. The second kappa shape index (κ2) is 8.12. The average Bonchev–Trinajstić information content (AvgIpc) is 3.15. The van der Waals surface area contributed by atoms with Crippen LogP contribution in [0.1, 0.15) is 25.2 Å². The van der Waals surface area contributed by atoms with E-state index in [1.165, 1.54) is 0 Å². The lowest BCUT2D eigenvalue weighted by Crippen LogP contribution is -2.27. The fraction of sp³-hybridized carbons (Fsp3) is 0.286. The first-order valence-electron chi connectivity index (χ1n) is 9.22. The van der Waals surface area contributed by atoms with Crippen LogP contribution >= 0.6 is 0 Å². The number of carbonyl (C=O) groups excluding carboxylic acids is 1. The van der Waals surface area contributed by atoms with Gasteiger partial charge in [0, 0.05) is 17.2 Å². The molecule has 1 aliphatic carbocycles. The Labute approximate surface area is 162 Å². The lowest BCUT2D eigenvalue weighted by Gasteiger charge is -2.24. The summed E-state index contributed by atoms with van der Waals surface area (Å²) < 4.78 is 16.5. The zero-order valence-corrected chi connectivity index (χ0v) is 15.6. The van der Waals surface area contributed by atoms with Crippen molar-refractivity contribution in [3.05, 3.63) is 54.4 Å². The molecule has 0 aliphatic heterocycles. The van der Waals surface area contributed by atoms with Crippen molar-refractivity contribution in [3.8, 4) is 23.0 Å². The van der Waals surface area contributed by atoms with Gasteiger partial charge in [0.15, 0.2) is 6.61 Å². The minimum absolute atomic E-state index is 0.0943. The molecule has 0 bridgehead atoms. The molecule has 1 aliphatic rings. The first-order chi connectivity index (χ1) is 13.7. The monoisotopic (exact) mass is 379 g/mol. The summed E-state index contributed by atoms with van der Waals surface area (Å²) >= 11 is 0. The third-order valence-electron chi connectivity index (χ3n) is 4.76. The highest BCUT2D eigenvalue weighted by atomic mass is 16.5. The Morgan fingerprint density at radius 3 is 2.43 bits per heavy atom. The molecule has 1 fully saturated rings. The van der Waals surface area contributed by atoms with E-state index in [1.54, 1.807) is 19.2 Å². The number of carbonyl (C=O) groups is 1. The minimum atomic E-state index is 0.0943. The van der Waals surface area contributed by atoms with Crippen LogP contribution in [0.5, 0.6) is 11.5 Å². The second-order valence-electron chi connectivity index (χ2n) is 6.66. The summed E-state index contributed by atoms with van der Waals surface area (Å²) in [6.07, 6.45) is 3.10. The van der Waals surface area contributed by atoms with E-state index in [0.717, 1.165) is 36.3 Å². The van der Waals surface area contributed by atoms with E-state index in [9.17, 15) is 4.79 Å². The van der Waals surface area contributed by atoms with Crippen molar-refractivity contribution in [1.29, 1.82) is 0 Å². The molecule has 0 radical (unpaired) electrons. The zero-order chi connectivity index (χ0) is 19.3. The number of rotatable bonds is 7. The van der Waals surface area contributed by atoms with E-state index in [-0.39, 0.29) is 18.4 Å². The van der Waals surface area contributed by atoms with Crippen LogP contribution in [0.2, 0.25) is 0 Å². The van der Waals surface area contributed by atoms with E-state index in [4.69, 9.17) is 13.9 Å². The van der Waals surface area contributed by atoms with Gasteiger partial charge in [-0.15, -0.1) is 10.2 Å². The smallest absolute Gasteiger partial charge is 0.254 e. The lowest BCUT2D eigenvalue weighted by atomic mass is 9.85. The number of nitrogens with zero attached hydrogens (tertiary/aromatic N) is 2. The maximum absolute atomic E-state index is 12.0. The Morgan fingerprint density at radius 1 is 1.07 bits per heavy atom. The first kappa shape index (κ1) is 18.0. The molecule has 7 heteroatoms. The number of aromatic nitrogens is 2. The third kappa shape index (κ3) is 4.14. The molecule has 1 N–H and O–H groups in total. The summed E-state index contributed by atoms with van der Waals surface area (Å²) in [5.74, 6) is 2.48. The second-order valence-corrected chi connectivity index (χ2v) is 6.66. The number of methoxy groups -OCH3 is 1. The molecular weight excluding hydrogens is 358 g/mol. The van der Waals surface area contributed by atoms with Crippen LogP contribution in [-0.2, 0) is 11.4 Å². The Hall–Kier alpha value is -3.35. The molecule has 3 aromatic rings. The van der Waals surface area contributed by atoms with E-state index in [1.807, 2.05) is 36.4 Å². The number of amides is 1. The summed E-state index contributed by atoms with van der Waals surface area (Å²) in [4.78, 5) is 12.0. The summed E-state index contributed by atoms with van der Waals surface area (Å²) in [5.41, 5.74) is 1.58. The fourth-order valence-corrected chi connectivity index (χ4v) is 2.86. The van der Waals surface area contributed by atoms with Gasteiger partial charge in [-0.3, -0.25) is 4.79 Å². The molecule has 0 saturated heterocycles. The SMILES string of the molecule is COc1ccc(-c2nnc(COc3ccc(NC(=O)C4CCC4)cc3)o2)cc1. The van der Waals surface area contributed by atoms with Crippen molar-refractivity contribution < 1.29 is 18.7 Å². The van der Waals surface area contributed by atoms with Crippen molar-refractivity contribution in [2.45, 2.75) is 25.9 Å². The molecule has 0 unspecified atom stereocenters. The minimum Gasteiger partial charge on any atom is -0.497 e. The molecule has 0 spiro atoms. The molecule has 2 aromatic carbocycles. The number of hydrogen-bond acceptors (Lipinski definition) is 6. The average molecular weight is 379 g/mol. The normalized spacial score (nSPS) is 13.6. The predicted octanol–water partition coefficient (Wildman–Crippen LogP) is 4.06. The van der Waals surface area contributed by atoms with Crippen LogP contribution in [-0.4, -0.2) is 23.2 Å². The quantitative estimate of drug-likeness (QED) is 0.666. The number of ether oxygens (including phenoxy) is 2. The molecule has 1 aromatic heterocycles. The van der Waals surface area contributed by atoms with Gasteiger partial charge in [0.25, 0.3) is 5.89 Å². The Kier molecular flexibility index (Phi) is 5.23. The highest BCUT2D eigenvalue weighted by Crippen LogP contribution is 2.28. The predicted molar refractivity (Wildman–Crippen MR) is 103 cm³/mol. The van der Waals surface area contributed by atoms with Gasteiger partial charge in [-0.2, -0.15) is 0 Å². The largest absolute Gasteiger partial charge is 0.497 e. The molecule has 4 rings (SSSR count). The van der Waals surface area contributed by atoms with Gasteiger partial charge >= 0.3 is 0 Å². The van der Waals surface area contributed by atoms with E-state index >= 15 is 0 Å². The summed E-state index contributed by atoms with van der Waals surface area (Å²) in [6.45, 7) is 0.164. The van der Waals surface area contributed by atoms with Crippen LogP contribution in [0.15, 0.2) is 52.9 Å². The van der Waals surface area contributed by atoms with Gasteiger partial charge in [-0.25, -0.2) is 0 Å². The van der Waals surface area contributed by atoms with Gasteiger partial charge in [0.2, 0.25) is 11.8 Å². The topological polar surface area (TPSA) is 86.5 Å². The number of nitrogens with one attached hydrogen (secondary N) is 1. The van der Waals surface area contributed by atoms with Gasteiger partial charge in [-0.05, 0) is 61.4 Å². The maximum Gasteiger partial charge on any atom is 0.254 e. The highest BCUT2D eigenvalue weighted by molar-refractivity contribution is 5.93. The number of benzene rings is 2. The molecule has 1 amide bonds. The fourth-order valence-electron chi connectivity index (χ4n) is 2.86. The summed E-state index contributed by atoms with van der Waals surface area (Å²) in [5, 5.41) is 11.0. The Morgan fingerprint density at radius 2 is 1.79 bits per heavy atom. The van der Waals surface area contributed by atoms with Crippen LogP contribution < -0.4 is 14.8 Å². The van der Waals surface area contributed by atoms with E-state index < -0.39 is 0 Å².